The van der Waals surface area contributed by atoms with Crippen LogP contribution < -0.4 is 4.90 Å². The average Bonchev–Trinajstić information content (AvgIpc) is 3.01. The second-order valence-electron chi connectivity index (χ2n) is 6.10. The van der Waals surface area contributed by atoms with E-state index in [1.54, 1.807) is 31.2 Å². The number of rotatable bonds is 6. The van der Waals surface area contributed by atoms with Gasteiger partial charge in [-0.05, 0) is 44.2 Å². The number of aromatic hydroxyl groups is 1. The first-order valence-corrected chi connectivity index (χ1v) is 8.83. The lowest BCUT2D eigenvalue weighted by atomic mass is 10.00. The first-order chi connectivity index (χ1) is 12.5. The smallest absolute Gasteiger partial charge is 0.167 e. The molecule has 0 radical (unpaired) electrons. The minimum atomic E-state index is -0.352. The van der Waals surface area contributed by atoms with Gasteiger partial charge >= 0.3 is 0 Å². The molecule has 0 amide bonds. The Kier molecular flexibility index (Phi) is 4.98. The molecule has 0 saturated heterocycles. The SMILES string of the molecule is CCC(=O)c1c(-c2ccc(F)cc2)oc2cc(N(CC)CC)c(O)cc12. The van der Waals surface area contributed by atoms with E-state index in [1.807, 2.05) is 18.7 Å². The summed E-state index contributed by atoms with van der Waals surface area (Å²) >= 11 is 0. The second kappa shape index (κ2) is 7.20. The van der Waals surface area contributed by atoms with Gasteiger partial charge in [-0.25, -0.2) is 4.39 Å². The third-order valence-electron chi connectivity index (χ3n) is 4.60. The van der Waals surface area contributed by atoms with Crippen molar-refractivity contribution in [2.45, 2.75) is 27.2 Å². The summed E-state index contributed by atoms with van der Waals surface area (Å²) in [6.07, 6.45) is 0.307. The van der Waals surface area contributed by atoms with E-state index in [2.05, 4.69) is 0 Å². The molecular weight excluding hydrogens is 333 g/mol. The van der Waals surface area contributed by atoms with E-state index in [1.165, 1.54) is 12.1 Å². The van der Waals surface area contributed by atoms with E-state index < -0.39 is 0 Å². The number of fused-ring (bicyclic) bond motifs is 1. The lowest BCUT2D eigenvalue weighted by Gasteiger charge is -2.21. The zero-order valence-corrected chi connectivity index (χ0v) is 15.2. The number of hydrogen-bond donors (Lipinski definition) is 1. The van der Waals surface area contributed by atoms with Crippen molar-refractivity contribution in [3.05, 3.63) is 47.8 Å². The maximum atomic E-state index is 13.3. The maximum Gasteiger partial charge on any atom is 0.167 e. The molecule has 1 N–H and O–H groups in total. The molecule has 0 aliphatic rings. The van der Waals surface area contributed by atoms with Crippen LogP contribution >= 0.6 is 0 Å². The number of carbonyl (C=O) groups excluding carboxylic acids is 1. The van der Waals surface area contributed by atoms with Crippen molar-refractivity contribution in [2.75, 3.05) is 18.0 Å². The van der Waals surface area contributed by atoms with Gasteiger partial charge in [-0.15, -0.1) is 0 Å². The number of nitrogens with zero attached hydrogens (tertiary/aromatic N) is 1. The number of furan rings is 1. The lowest BCUT2D eigenvalue weighted by Crippen LogP contribution is -2.21. The van der Waals surface area contributed by atoms with Crippen LogP contribution in [0.15, 0.2) is 40.8 Å². The number of ketones is 1. The van der Waals surface area contributed by atoms with E-state index >= 15 is 0 Å². The molecule has 4 nitrogen and oxygen atoms in total. The first-order valence-electron chi connectivity index (χ1n) is 8.83. The van der Waals surface area contributed by atoms with Crippen molar-refractivity contribution in [3.63, 3.8) is 0 Å². The van der Waals surface area contributed by atoms with E-state index in [4.69, 9.17) is 4.42 Å². The Labute approximate surface area is 151 Å². The van der Waals surface area contributed by atoms with Crippen LogP contribution in [0.1, 0.15) is 37.6 Å². The van der Waals surface area contributed by atoms with Gasteiger partial charge in [0.2, 0.25) is 0 Å². The summed E-state index contributed by atoms with van der Waals surface area (Å²) in [6.45, 7) is 7.26. The van der Waals surface area contributed by atoms with Gasteiger partial charge in [0, 0.05) is 36.5 Å². The fourth-order valence-electron chi connectivity index (χ4n) is 3.20. The summed E-state index contributed by atoms with van der Waals surface area (Å²) in [5.74, 6) is 0.0773. The largest absolute Gasteiger partial charge is 0.506 e. The number of halogens is 1. The first kappa shape index (κ1) is 18.0. The summed E-state index contributed by atoms with van der Waals surface area (Å²) in [7, 11) is 0. The van der Waals surface area contributed by atoms with Gasteiger partial charge in [0.15, 0.2) is 5.78 Å². The van der Waals surface area contributed by atoms with Crippen molar-refractivity contribution in [2.24, 2.45) is 0 Å². The summed E-state index contributed by atoms with van der Waals surface area (Å²) < 4.78 is 19.3. The molecule has 0 spiro atoms. The quantitative estimate of drug-likeness (QED) is 0.603. The number of benzene rings is 2. The van der Waals surface area contributed by atoms with Crippen LogP contribution in [0.4, 0.5) is 10.1 Å². The molecule has 0 aliphatic heterocycles. The number of Topliss-reactive ketones (excluding diaryl/α,β-unsaturated/α-hetero) is 1. The molecule has 26 heavy (non-hydrogen) atoms. The van der Waals surface area contributed by atoms with Crippen LogP contribution in [-0.4, -0.2) is 24.0 Å². The fourth-order valence-corrected chi connectivity index (χ4v) is 3.20. The molecule has 136 valence electrons. The normalized spacial score (nSPS) is 11.1. The second-order valence-corrected chi connectivity index (χ2v) is 6.10. The highest BCUT2D eigenvalue weighted by atomic mass is 19.1. The number of carbonyl (C=O) groups is 1. The van der Waals surface area contributed by atoms with Gasteiger partial charge in [0.25, 0.3) is 0 Å². The molecular formula is C21H22FNO3. The minimum Gasteiger partial charge on any atom is -0.506 e. The minimum absolute atomic E-state index is 0.0851. The van der Waals surface area contributed by atoms with E-state index in [0.29, 0.717) is 40.0 Å². The van der Waals surface area contributed by atoms with Crippen LogP contribution in [-0.2, 0) is 0 Å². The molecule has 1 aromatic heterocycles. The molecule has 0 saturated carbocycles. The topological polar surface area (TPSA) is 53.7 Å². The third kappa shape index (κ3) is 3.05. The van der Waals surface area contributed by atoms with Crippen LogP contribution in [0.2, 0.25) is 0 Å². The molecule has 0 fully saturated rings. The Morgan fingerprint density at radius 3 is 2.35 bits per heavy atom. The molecule has 0 aliphatic carbocycles. The van der Waals surface area contributed by atoms with Crippen molar-refractivity contribution in [1.29, 1.82) is 0 Å². The highest BCUT2D eigenvalue weighted by Crippen LogP contribution is 2.40. The summed E-state index contributed by atoms with van der Waals surface area (Å²) in [5, 5.41) is 11.1. The van der Waals surface area contributed by atoms with Crippen molar-refractivity contribution < 1.29 is 18.7 Å². The molecule has 3 rings (SSSR count). The Balaban J connectivity index is 2.27. The highest BCUT2D eigenvalue weighted by molar-refractivity contribution is 6.12. The number of anilines is 1. The zero-order chi connectivity index (χ0) is 18.8. The third-order valence-corrected chi connectivity index (χ3v) is 4.60. The van der Waals surface area contributed by atoms with Gasteiger partial charge in [-0.3, -0.25) is 4.79 Å². The van der Waals surface area contributed by atoms with E-state index in [9.17, 15) is 14.3 Å². The van der Waals surface area contributed by atoms with E-state index in [0.717, 1.165) is 13.1 Å². The number of phenols is 1. The maximum absolute atomic E-state index is 13.3. The number of hydrogen-bond acceptors (Lipinski definition) is 4. The molecule has 5 heteroatoms. The number of phenolic OH excluding ortho intramolecular Hbond substituents is 1. The highest BCUT2D eigenvalue weighted by Gasteiger charge is 2.23. The van der Waals surface area contributed by atoms with Crippen LogP contribution in [0.3, 0.4) is 0 Å². The Morgan fingerprint density at radius 2 is 1.77 bits per heavy atom. The summed E-state index contributed by atoms with van der Waals surface area (Å²) in [4.78, 5) is 14.6. The molecule has 2 aromatic carbocycles. The van der Waals surface area contributed by atoms with Crippen molar-refractivity contribution >= 4 is 22.4 Å². The van der Waals surface area contributed by atoms with Crippen molar-refractivity contribution in [3.8, 4) is 17.1 Å². The molecule has 0 unspecified atom stereocenters. The predicted molar refractivity (Wildman–Crippen MR) is 101 cm³/mol. The van der Waals surface area contributed by atoms with Gasteiger partial charge < -0.3 is 14.4 Å². The Morgan fingerprint density at radius 1 is 1.12 bits per heavy atom. The molecule has 1 heterocycles. The van der Waals surface area contributed by atoms with Crippen LogP contribution in [0, 0.1) is 5.82 Å². The van der Waals surface area contributed by atoms with Crippen LogP contribution in [0.5, 0.6) is 5.75 Å². The zero-order valence-electron chi connectivity index (χ0n) is 15.2. The van der Waals surface area contributed by atoms with E-state index in [-0.39, 0.29) is 17.3 Å². The molecule has 0 atom stereocenters. The monoisotopic (exact) mass is 355 g/mol. The van der Waals surface area contributed by atoms with Gasteiger partial charge in [0.05, 0.1) is 11.3 Å². The summed E-state index contributed by atoms with van der Waals surface area (Å²) in [6, 6.07) is 9.19. The summed E-state index contributed by atoms with van der Waals surface area (Å²) in [5.41, 5.74) is 2.25. The molecule has 3 aromatic rings. The van der Waals surface area contributed by atoms with Gasteiger partial charge in [-0.1, -0.05) is 6.92 Å². The fraction of sp³-hybridized carbons (Fsp3) is 0.286. The van der Waals surface area contributed by atoms with Gasteiger partial charge in [-0.2, -0.15) is 0 Å². The molecule has 0 bridgehead atoms. The Bertz CT molecular complexity index is 940. The Hall–Kier alpha value is -2.82. The standard InChI is InChI=1S/C21H22FNO3/c1-4-17(24)20-15-11-18(25)16(23(5-2)6-3)12-19(15)26-21(20)13-7-9-14(22)10-8-13/h7-12,25H,4-6H2,1-3H3. The van der Waals surface area contributed by atoms with Gasteiger partial charge in [0.1, 0.15) is 22.9 Å². The van der Waals surface area contributed by atoms with Crippen LogP contribution in [0.25, 0.3) is 22.3 Å². The van der Waals surface area contributed by atoms with Crippen molar-refractivity contribution in [1.82, 2.24) is 0 Å². The average molecular weight is 355 g/mol. The lowest BCUT2D eigenvalue weighted by molar-refractivity contribution is 0.0989. The predicted octanol–water partition coefficient (Wildman–Crippen LogP) is 5.38.